The van der Waals surface area contributed by atoms with Gasteiger partial charge in [-0.05, 0) is 24.3 Å². The van der Waals surface area contributed by atoms with Crippen LogP contribution in [-0.2, 0) is 13.1 Å². The second-order valence-corrected chi connectivity index (χ2v) is 11.5. The van der Waals surface area contributed by atoms with Crippen LogP contribution in [-0.4, -0.2) is 59.8 Å². The molecular formula is C35H26F2N14O2. The van der Waals surface area contributed by atoms with Crippen LogP contribution in [0.4, 0.5) is 20.3 Å². The summed E-state index contributed by atoms with van der Waals surface area (Å²) in [6.45, 7) is 0.443. The van der Waals surface area contributed by atoms with E-state index in [-0.39, 0.29) is 36.2 Å². The molecule has 0 unspecified atom stereocenters. The molecule has 0 bridgehead atoms. The largest absolute Gasteiger partial charge is 0.394 e. The van der Waals surface area contributed by atoms with Crippen molar-refractivity contribution in [1.82, 2.24) is 59.8 Å². The van der Waals surface area contributed by atoms with Crippen LogP contribution in [0.5, 0.6) is 0 Å². The topological polar surface area (TPSA) is 220 Å². The first kappa shape index (κ1) is 32.6. The number of hydrogen-bond acceptors (Lipinski definition) is 13. The predicted molar refractivity (Wildman–Crippen MR) is 187 cm³/mol. The number of hydrogen-bond donors (Lipinski definition) is 3. The molecular weight excluding hydrogens is 686 g/mol. The highest BCUT2D eigenvalue weighted by Gasteiger charge is 2.19. The minimum atomic E-state index is -0.316. The fourth-order valence-electron chi connectivity index (χ4n) is 5.36. The first-order chi connectivity index (χ1) is 25.9. The molecule has 0 radical (unpaired) electrons. The standard InChI is InChI=1S/C18H12FN7O.C17H14FN7O/c19-12-4-2-1-3-11(12)9-26-16(13-5-6-27-25-13)7-14(24-26)17-20-8-15-18(23-17)22-10-21-15;18-11-4-2-1-3-10(11)9-25-15(13-5-6-26-24-13)7-14(23-25)17-21-8-12(19)16(20)22-17/h1-8,10H,9H2,(H,20,21,22,23);1-8H,9,19H2,(H2,20,21,22). The second-order valence-electron chi connectivity index (χ2n) is 11.5. The molecule has 7 heterocycles. The second kappa shape index (κ2) is 13.9. The van der Waals surface area contributed by atoms with Crippen molar-refractivity contribution in [3.8, 4) is 45.8 Å². The van der Waals surface area contributed by atoms with E-state index in [0.717, 1.165) is 5.52 Å². The summed E-state index contributed by atoms with van der Waals surface area (Å²) >= 11 is 0. The Morgan fingerprint density at radius 1 is 0.642 bits per heavy atom. The summed E-state index contributed by atoms with van der Waals surface area (Å²) < 4.78 is 41.3. The highest BCUT2D eigenvalue weighted by atomic mass is 19.1. The summed E-state index contributed by atoms with van der Waals surface area (Å²) in [6.07, 6.45) is 7.55. The van der Waals surface area contributed by atoms with Crippen molar-refractivity contribution >= 4 is 22.7 Å². The maximum Gasteiger partial charge on any atom is 0.182 e. The average Bonchev–Trinajstić information content (AvgIpc) is 4.02. The van der Waals surface area contributed by atoms with Gasteiger partial charge in [0.1, 0.15) is 52.5 Å². The lowest BCUT2D eigenvalue weighted by molar-refractivity contribution is 0.421. The Hall–Kier alpha value is -7.63. The van der Waals surface area contributed by atoms with Crippen LogP contribution in [0.25, 0.3) is 57.0 Å². The molecule has 53 heavy (non-hydrogen) atoms. The maximum absolute atomic E-state index is 14.1. The van der Waals surface area contributed by atoms with E-state index in [1.54, 1.807) is 82.6 Å². The number of nitrogen functional groups attached to an aromatic ring is 2. The molecule has 0 aliphatic rings. The van der Waals surface area contributed by atoms with Crippen molar-refractivity contribution < 1.29 is 17.8 Å². The molecule has 262 valence electrons. The molecule has 0 saturated heterocycles. The van der Waals surface area contributed by atoms with Crippen LogP contribution in [0, 0.1) is 11.6 Å². The van der Waals surface area contributed by atoms with Crippen LogP contribution >= 0.6 is 0 Å². The van der Waals surface area contributed by atoms with Gasteiger partial charge < -0.3 is 25.5 Å². The molecule has 0 amide bonds. The molecule has 9 rings (SSSR count). The minimum absolute atomic E-state index is 0.168. The van der Waals surface area contributed by atoms with Crippen molar-refractivity contribution in [2.45, 2.75) is 13.1 Å². The highest BCUT2D eigenvalue weighted by molar-refractivity contribution is 5.72. The van der Waals surface area contributed by atoms with Gasteiger partial charge in [0.15, 0.2) is 23.1 Å². The molecule has 0 aliphatic carbocycles. The smallest absolute Gasteiger partial charge is 0.182 e. The van der Waals surface area contributed by atoms with Gasteiger partial charge in [-0.15, -0.1) is 0 Å². The van der Waals surface area contributed by atoms with E-state index in [1.807, 2.05) is 0 Å². The Labute approximate surface area is 297 Å². The Kier molecular flexibility index (Phi) is 8.57. The number of aromatic amines is 1. The number of nitrogens with two attached hydrogens (primary N) is 2. The molecule has 18 heteroatoms. The number of imidazole rings is 1. The Morgan fingerprint density at radius 2 is 1.19 bits per heavy atom. The van der Waals surface area contributed by atoms with Gasteiger partial charge in [-0.2, -0.15) is 10.2 Å². The summed E-state index contributed by atoms with van der Waals surface area (Å²) in [5.74, 6) is 0.292. The number of aromatic nitrogens is 12. The number of fused-ring (bicyclic) bond motifs is 1. The highest BCUT2D eigenvalue weighted by Crippen LogP contribution is 2.27. The maximum atomic E-state index is 14.1. The lowest BCUT2D eigenvalue weighted by atomic mass is 10.2. The monoisotopic (exact) mass is 712 g/mol. The predicted octanol–water partition coefficient (Wildman–Crippen LogP) is 5.41. The molecule has 0 saturated carbocycles. The Balaban J connectivity index is 0.000000151. The number of nitrogens with zero attached hydrogens (tertiary/aromatic N) is 11. The van der Waals surface area contributed by atoms with Gasteiger partial charge >= 0.3 is 0 Å². The van der Waals surface area contributed by atoms with Gasteiger partial charge in [0.05, 0.1) is 48.9 Å². The van der Waals surface area contributed by atoms with Crippen LogP contribution in [0.1, 0.15) is 11.1 Å². The van der Waals surface area contributed by atoms with Crippen molar-refractivity contribution in [2.75, 3.05) is 11.5 Å². The number of nitrogens with one attached hydrogen (secondary N) is 1. The molecule has 0 aliphatic heterocycles. The summed E-state index contributed by atoms with van der Waals surface area (Å²) in [4.78, 5) is 24.2. The number of rotatable bonds is 8. The fraction of sp³-hybridized carbons (Fsp3) is 0.0571. The molecule has 7 aromatic heterocycles. The first-order valence-corrected chi connectivity index (χ1v) is 15.9. The number of anilines is 2. The van der Waals surface area contributed by atoms with Crippen LogP contribution in [0.2, 0.25) is 0 Å². The van der Waals surface area contributed by atoms with Crippen LogP contribution in [0.15, 0.2) is 113 Å². The van der Waals surface area contributed by atoms with E-state index >= 15 is 0 Å². The SMILES string of the molecule is Fc1ccccc1Cn1nc(-c2ncc3[nH]cnc3n2)cc1-c1ccon1.Nc1cnc(-c2cc(-c3ccon3)n(Cc3ccccc3F)n2)nc1N. The normalized spacial score (nSPS) is 11.1. The summed E-state index contributed by atoms with van der Waals surface area (Å²) in [7, 11) is 0. The third kappa shape index (κ3) is 6.78. The Bertz CT molecular complexity index is 2650. The number of halogens is 2. The zero-order valence-electron chi connectivity index (χ0n) is 27.4. The zero-order valence-corrected chi connectivity index (χ0v) is 27.4. The number of H-pyrrole nitrogens is 1. The van der Waals surface area contributed by atoms with Crippen molar-refractivity contribution in [3.63, 3.8) is 0 Å². The third-order valence-corrected chi connectivity index (χ3v) is 8.00. The summed E-state index contributed by atoms with van der Waals surface area (Å²) in [6, 6.07) is 20.0. The van der Waals surface area contributed by atoms with Crippen LogP contribution in [0.3, 0.4) is 0 Å². The average molecular weight is 713 g/mol. The quantitative estimate of drug-likeness (QED) is 0.180. The van der Waals surface area contributed by atoms with E-state index in [9.17, 15) is 8.78 Å². The van der Waals surface area contributed by atoms with E-state index in [2.05, 4.69) is 50.4 Å². The lowest BCUT2D eigenvalue weighted by Gasteiger charge is -2.06. The van der Waals surface area contributed by atoms with Gasteiger partial charge in [0.25, 0.3) is 0 Å². The summed E-state index contributed by atoms with van der Waals surface area (Å²) in [5, 5.41) is 17.0. The van der Waals surface area contributed by atoms with E-state index in [4.69, 9.17) is 20.5 Å². The number of benzene rings is 2. The van der Waals surface area contributed by atoms with Crippen LogP contribution < -0.4 is 11.5 Å². The van der Waals surface area contributed by atoms with Gasteiger partial charge in [0, 0.05) is 23.3 Å². The van der Waals surface area contributed by atoms with Gasteiger partial charge in [-0.3, -0.25) is 9.36 Å². The molecule has 0 fully saturated rings. The molecule has 5 N–H and O–H groups in total. The van der Waals surface area contributed by atoms with Gasteiger partial charge in [-0.25, -0.2) is 33.7 Å². The Morgan fingerprint density at radius 3 is 1.72 bits per heavy atom. The zero-order chi connectivity index (χ0) is 36.3. The lowest BCUT2D eigenvalue weighted by Crippen LogP contribution is -2.06. The third-order valence-electron chi connectivity index (χ3n) is 8.00. The summed E-state index contributed by atoms with van der Waals surface area (Å²) in [5.41, 5.74) is 17.4. The first-order valence-electron chi connectivity index (χ1n) is 15.9. The molecule has 0 atom stereocenters. The van der Waals surface area contributed by atoms with E-state index < -0.39 is 0 Å². The molecule has 16 nitrogen and oxygen atoms in total. The van der Waals surface area contributed by atoms with E-state index in [0.29, 0.717) is 62.6 Å². The van der Waals surface area contributed by atoms with Crippen molar-refractivity contribution in [2.24, 2.45) is 0 Å². The fourth-order valence-corrected chi connectivity index (χ4v) is 5.36. The minimum Gasteiger partial charge on any atom is -0.394 e. The molecule has 0 spiro atoms. The molecule has 9 aromatic rings. The van der Waals surface area contributed by atoms with Crippen molar-refractivity contribution in [1.29, 1.82) is 0 Å². The van der Waals surface area contributed by atoms with Gasteiger partial charge in [-0.1, -0.05) is 46.7 Å². The van der Waals surface area contributed by atoms with Crippen molar-refractivity contribution in [3.05, 3.63) is 127 Å². The van der Waals surface area contributed by atoms with E-state index in [1.165, 1.54) is 30.9 Å². The van der Waals surface area contributed by atoms with Gasteiger partial charge in [0.2, 0.25) is 0 Å². The molecule has 2 aromatic carbocycles.